The van der Waals surface area contributed by atoms with Gasteiger partial charge < -0.3 is 14.5 Å². The Labute approximate surface area is 200 Å². The van der Waals surface area contributed by atoms with E-state index >= 15 is 0 Å². The Morgan fingerprint density at radius 3 is 2.88 bits per heavy atom. The molecule has 34 heavy (non-hydrogen) atoms. The highest BCUT2D eigenvalue weighted by Gasteiger charge is 2.73. The number of aryl methyl sites for hydroxylation is 2. The van der Waals surface area contributed by atoms with Gasteiger partial charge in [0, 0.05) is 63.2 Å². The van der Waals surface area contributed by atoms with E-state index in [1.165, 1.54) is 11.1 Å². The second kappa shape index (κ2) is 7.92. The van der Waals surface area contributed by atoms with E-state index in [0.29, 0.717) is 12.4 Å². The van der Waals surface area contributed by atoms with E-state index in [4.69, 9.17) is 4.74 Å². The fraction of sp³-hybridized carbons (Fsp3) is 0.577. The van der Waals surface area contributed by atoms with Crippen LogP contribution in [0.15, 0.2) is 30.6 Å². The van der Waals surface area contributed by atoms with Gasteiger partial charge in [0.2, 0.25) is 5.91 Å². The van der Waals surface area contributed by atoms with Crippen molar-refractivity contribution < 1.29 is 9.53 Å². The van der Waals surface area contributed by atoms with Crippen molar-refractivity contribution >= 4 is 17.4 Å². The van der Waals surface area contributed by atoms with Gasteiger partial charge in [-0.15, -0.1) is 0 Å². The van der Waals surface area contributed by atoms with E-state index in [2.05, 4.69) is 33.5 Å². The summed E-state index contributed by atoms with van der Waals surface area (Å²) in [5.41, 5.74) is 4.18. The number of ether oxygens (including phenoxy) is 1. The van der Waals surface area contributed by atoms with E-state index in [1.54, 1.807) is 6.92 Å². The number of fused-ring (bicyclic) bond motifs is 2. The quantitative estimate of drug-likeness (QED) is 0.539. The topological polar surface area (TPSA) is 86.5 Å². The van der Waals surface area contributed by atoms with Crippen molar-refractivity contribution in [2.75, 3.05) is 31.1 Å². The number of nitrogens with zero attached hydrogens (tertiary/aromatic N) is 4. The van der Waals surface area contributed by atoms with Crippen LogP contribution in [0.25, 0.3) is 11.1 Å². The van der Waals surface area contributed by atoms with Crippen molar-refractivity contribution in [2.45, 2.75) is 57.2 Å². The molecule has 1 aromatic heterocycles. The smallest absolute Gasteiger partial charge is 0.219 e. The number of hydrogen-bond acceptors (Lipinski definition) is 5. The maximum absolute atomic E-state index is 12.3. The first kappa shape index (κ1) is 21.8. The van der Waals surface area contributed by atoms with Crippen molar-refractivity contribution in [2.24, 2.45) is 12.5 Å². The molecule has 4 aliphatic rings. The van der Waals surface area contributed by atoms with Gasteiger partial charge in [-0.25, -0.2) is 0 Å². The van der Waals surface area contributed by atoms with Gasteiger partial charge in [0.15, 0.2) is 0 Å². The van der Waals surface area contributed by atoms with Crippen LogP contribution in [-0.4, -0.2) is 64.4 Å². The highest BCUT2D eigenvalue weighted by atomic mass is 16.5. The van der Waals surface area contributed by atoms with E-state index in [1.807, 2.05) is 29.0 Å². The monoisotopic (exact) mass is 462 g/mol. The molecule has 2 aromatic rings. The Kier molecular flexibility index (Phi) is 5.08. The third kappa shape index (κ3) is 3.38. The SMILES string of the molecule is CC(=O)N1CCC2(NC3CCCO3)CC2(C(=N)N2CCCc3cc(-c4cnn(C)c4)ccc32)C1. The second-order valence-corrected chi connectivity index (χ2v) is 10.5. The molecule has 4 heterocycles. The van der Waals surface area contributed by atoms with Crippen molar-refractivity contribution in [3.05, 3.63) is 36.2 Å². The maximum Gasteiger partial charge on any atom is 0.219 e. The lowest BCUT2D eigenvalue weighted by Crippen LogP contribution is -2.58. The molecule has 3 atom stereocenters. The van der Waals surface area contributed by atoms with E-state index in [9.17, 15) is 10.2 Å². The molecule has 1 aliphatic carbocycles. The minimum absolute atomic E-state index is 0.0641. The molecule has 0 radical (unpaired) electrons. The summed E-state index contributed by atoms with van der Waals surface area (Å²) >= 11 is 0. The lowest BCUT2D eigenvalue weighted by Gasteiger charge is -2.43. The summed E-state index contributed by atoms with van der Waals surface area (Å²) in [6.07, 6.45) is 9.89. The van der Waals surface area contributed by atoms with E-state index in [0.717, 1.165) is 69.5 Å². The number of anilines is 1. The second-order valence-electron chi connectivity index (χ2n) is 10.5. The highest BCUT2D eigenvalue weighted by Crippen LogP contribution is 2.63. The van der Waals surface area contributed by atoms with Crippen LogP contribution in [0.2, 0.25) is 0 Å². The van der Waals surface area contributed by atoms with E-state index in [-0.39, 0.29) is 23.1 Å². The Morgan fingerprint density at radius 1 is 1.26 bits per heavy atom. The Bertz CT molecular complexity index is 1140. The average Bonchev–Trinajstić information content (AvgIpc) is 3.11. The Morgan fingerprint density at radius 2 is 2.15 bits per heavy atom. The Hall–Kier alpha value is -2.71. The van der Waals surface area contributed by atoms with Gasteiger partial charge in [-0.05, 0) is 61.8 Å². The molecule has 0 bridgehead atoms. The number of nitrogens with one attached hydrogen (secondary N) is 2. The summed E-state index contributed by atoms with van der Waals surface area (Å²) in [7, 11) is 1.94. The van der Waals surface area contributed by atoms with Crippen molar-refractivity contribution in [1.29, 1.82) is 5.41 Å². The van der Waals surface area contributed by atoms with Gasteiger partial charge in [-0.1, -0.05) is 6.07 Å². The first-order valence-electron chi connectivity index (χ1n) is 12.5. The highest BCUT2D eigenvalue weighted by molar-refractivity contribution is 6.05. The molecule has 0 spiro atoms. The zero-order chi connectivity index (χ0) is 23.5. The molecule has 3 aliphatic heterocycles. The lowest BCUT2D eigenvalue weighted by atomic mass is 9.88. The number of amides is 1. The summed E-state index contributed by atoms with van der Waals surface area (Å²) in [6, 6.07) is 6.58. The van der Waals surface area contributed by atoms with Crippen LogP contribution in [0.4, 0.5) is 5.69 Å². The Balaban J connectivity index is 1.31. The largest absolute Gasteiger partial charge is 0.363 e. The molecular formula is C26H34N6O2. The van der Waals surface area contributed by atoms with Gasteiger partial charge in [-0.2, -0.15) is 5.10 Å². The normalized spacial score (nSPS) is 30.1. The minimum atomic E-state index is -0.362. The van der Waals surface area contributed by atoms with Gasteiger partial charge in [0.1, 0.15) is 12.1 Å². The molecule has 3 fully saturated rings. The first-order valence-corrected chi connectivity index (χ1v) is 12.5. The molecular weight excluding hydrogens is 428 g/mol. The molecule has 180 valence electrons. The van der Waals surface area contributed by atoms with Gasteiger partial charge in [0.25, 0.3) is 0 Å². The summed E-state index contributed by atoms with van der Waals surface area (Å²) in [5.74, 6) is 0.754. The number of rotatable bonds is 4. The predicted octanol–water partition coefficient (Wildman–Crippen LogP) is 2.92. The number of carbonyl (C=O) groups is 1. The van der Waals surface area contributed by atoms with Crippen molar-refractivity contribution in [1.82, 2.24) is 20.0 Å². The average molecular weight is 463 g/mol. The summed E-state index contributed by atoms with van der Waals surface area (Å²) < 4.78 is 7.75. The molecule has 6 rings (SSSR count). The van der Waals surface area contributed by atoms with Crippen molar-refractivity contribution in [3.8, 4) is 11.1 Å². The maximum atomic E-state index is 12.3. The van der Waals surface area contributed by atoms with Crippen LogP contribution in [-0.2, 0) is 23.0 Å². The van der Waals surface area contributed by atoms with Crippen LogP contribution >= 0.6 is 0 Å². The van der Waals surface area contributed by atoms with E-state index < -0.39 is 0 Å². The van der Waals surface area contributed by atoms with Gasteiger partial charge in [0.05, 0.1) is 11.6 Å². The molecule has 1 saturated carbocycles. The number of carbonyl (C=O) groups excluding carboxylic acids is 1. The number of aromatic nitrogens is 2. The third-order valence-corrected chi connectivity index (χ3v) is 8.44. The number of piperidine rings is 1. The van der Waals surface area contributed by atoms with Crippen LogP contribution in [0.1, 0.15) is 44.6 Å². The third-order valence-electron chi connectivity index (χ3n) is 8.44. The van der Waals surface area contributed by atoms with Crippen LogP contribution in [0.5, 0.6) is 0 Å². The molecule has 8 nitrogen and oxygen atoms in total. The molecule has 1 amide bonds. The van der Waals surface area contributed by atoms with Crippen LogP contribution in [0.3, 0.4) is 0 Å². The number of benzene rings is 1. The lowest BCUT2D eigenvalue weighted by molar-refractivity contribution is -0.130. The standard InChI is InChI=1S/C26H34N6O2/c1-18(33)31-11-9-26(29-23-6-4-12-34-23)16-25(26,17-31)24(27)32-10-3-5-20-13-19(7-8-22(20)32)21-14-28-30(2)15-21/h7-8,13-15,23,27,29H,3-6,9-12,16-17H2,1-2H3. The predicted molar refractivity (Wildman–Crippen MR) is 131 cm³/mol. The number of amidine groups is 1. The summed E-state index contributed by atoms with van der Waals surface area (Å²) in [5, 5.41) is 17.6. The molecule has 2 saturated heterocycles. The number of likely N-dealkylation sites (tertiary alicyclic amines) is 1. The fourth-order valence-corrected chi connectivity index (χ4v) is 6.49. The minimum Gasteiger partial charge on any atom is -0.363 e. The van der Waals surface area contributed by atoms with Crippen LogP contribution in [0, 0.1) is 10.8 Å². The van der Waals surface area contributed by atoms with Gasteiger partial charge in [-0.3, -0.25) is 20.2 Å². The molecule has 8 heteroatoms. The summed E-state index contributed by atoms with van der Waals surface area (Å²) in [4.78, 5) is 16.5. The number of hydrogen-bond donors (Lipinski definition) is 2. The van der Waals surface area contributed by atoms with Gasteiger partial charge >= 0.3 is 0 Å². The molecule has 2 N–H and O–H groups in total. The zero-order valence-electron chi connectivity index (χ0n) is 20.1. The fourth-order valence-electron chi connectivity index (χ4n) is 6.49. The van der Waals surface area contributed by atoms with Crippen molar-refractivity contribution in [3.63, 3.8) is 0 Å². The molecule has 1 aromatic carbocycles. The molecule has 3 unspecified atom stereocenters. The van der Waals surface area contributed by atoms with Crippen LogP contribution < -0.4 is 10.2 Å². The first-order chi connectivity index (χ1) is 16.4. The summed E-state index contributed by atoms with van der Waals surface area (Å²) in [6.45, 7) is 4.65. The zero-order valence-corrected chi connectivity index (χ0v) is 20.1.